The predicted molar refractivity (Wildman–Crippen MR) is 283 cm³/mol. The van der Waals surface area contributed by atoms with Gasteiger partial charge in [-0.05, 0) is 113 Å². The van der Waals surface area contributed by atoms with Crippen LogP contribution in [0.15, 0.2) is 255 Å². The Morgan fingerprint density at radius 3 is 0.956 bits per heavy atom. The average molecular weight is 872 g/mol. The monoisotopic (exact) mass is 871 g/mol. The fourth-order valence-electron chi connectivity index (χ4n) is 10.5. The number of hydrogen-bond donors (Lipinski definition) is 0. The second kappa shape index (κ2) is 16.5. The molecule has 0 N–H and O–H groups in total. The maximum Gasteiger partial charge on any atom is 0.262 e. The average Bonchev–Trinajstić information content (AvgIpc) is 3.40. The molecule has 0 fully saturated rings. The van der Waals surface area contributed by atoms with E-state index < -0.39 is 0 Å². The Balaban J connectivity index is 1.03. The number of hydrogen-bond acceptors (Lipinski definition) is 5. The highest BCUT2D eigenvalue weighted by Gasteiger charge is 2.43. The first-order valence-electron chi connectivity index (χ1n) is 23.1. The van der Waals surface area contributed by atoms with Gasteiger partial charge in [0.15, 0.2) is 0 Å². The maximum absolute atomic E-state index is 7.15. The zero-order valence-corrected chi connectivity index (χ0v) is 37.0. The van der Waals surface area contributed by atoms with E-state index in [1.54, 1.807) is 0 Å². The van der Waals surface area contributed by atoms with E-state index in [2.05, 4.69) is 263 Å². The van der Waals surface area contributed by atoms with E-state index in [1.165, 1.54) is 0 Å². The fourth-order valence-corrected chi connectivity index (χ4v) is 10.5. The zero-order valence-electron chi connectivity index (χ0n) is 37.0. The molecular formula is C62H42BN3O2. The van der Waals surface area contributed by atoms with Gasteiger partial charge in [-0.1, -0.05) is 152 Å². The van der Waals surface area contributed by atoms with Gasteiger partial charge in [0, 0.05) is 68.2 Å². The lowest BCUT2D eigenvalue weighted by Crippen LogP contribution is -2.58. The van der Waals surface area contributed by atoms with E-state index in [-0.39, 0.29) is 6.71 Å². The van der Waals surface area contributed by atoms with Crippen LogP contribution in [0.3, 0.4) is 0 Å². The van der Waals surface area contributed by atoms with Crippen molar-refractivity contribution in [2.45, 2.75) is 0 Å². The second-order valence-corrected chi connectivity index (χ2v) is 17.2. The SMILES string of the molecule is c1ccc(N(c2ccccc2)c2cccc(N(c3ccccc3)c3cc4c(c5ccccc35)B3c5c(cccc5O4)Oc4cc(N(c5ccccc5)c5ccccc5)c5ccccc5c43)c2)cc1. The van der Waals surface area contributed by atoms with Gasteiger partial charge in [0.2, 0.25) is 0 Å². The van der Waals surface area contributed by atoms with Crippen molar-refractivity contribution in [2.24, 2.45) is 0 Å². The second-order valence-electron chi connectivity index (χ2n) is 17.2. The molecule has 5 nitrogen and oxygen atoms in total. The third kappa shape index (κ3) is 6.57. The Kier molecular flexibility index (Phi) is 9.53. The number of rotatable bonds is 9. The summed E-state index contributed by atoms with van der Waals surface area (Å²) in [4.78, 5) is 7.02. The largest absolute Gasteiger partial charge is 0.458 e. The molecule has 0 amide bonds. The molecule has 0 radical (unpaired) electrons. The summed E-state index contributed by atoms with van der Waals surface area (Å²) in [5.41, 5.74) is 12.7. The summed E-state index contributed by atoms with van der Waals surface area (Å²) in [7, 11) is 0. The molecule has 11 aromatic carbocycles. The summed E-state index contributed by atoms with van der Waals surface area (Å²) in [6.45, 7) is -0.188. The molecule has 0 saturated carbocycles. The zero-order chi connectivity index (χ0) is 45.0. The van der Waals surface area contributed by atoms with Crippen LogP contribution in [0.1, 0.15) is 0 Å². The van der Waals surface area contributed by atoms with Gasteiger partial charge in [-0.15, -0.1) is 0 Å². The highest BCUT2D eigenvalue weighted by molar-refractivity contribution is 7.01. The molecule has 0 atom stereocenters. The molecule has 13 rings (SSSR count). The molecule has 0 bridgehead atoms. The summed E-state index contributed by atoms with van der Waals surface area (Å²) >= 11 is 0. The lowest BCUT2D eigenvalue weighted by atomic mass is 9.33. The normalized spacial score (nSPS) is 12.0. The van der Waals surface area contributed by atoms with Crippen LogP contribution in [0, 0.1) is 0 Å². The molecule has 2 heterocycles. The van der Waals surface area contributed by atoms with Crippen LogP contribution < -0.4 is 40.6 Å². The highest BCUT2D eigenvalue weighted by Crippen LogP contribution is 2.48. The maximum atomic E-state index is 7.15. The molecule has 68 heavy (non-hydrogen) atoms. The minimum atomic E-state index is -0.188. The van der Waals surface area contributed by atoms with Crippen molar-refractivity contribution in [3.05, 3.63) is 255 Å². The summed E-state index contributed by atoms with van der Waals surface area (Å²) in [5.74, 6) is 3.24. The Hall–Kier alpha value is -9.00. The van der Waals surface area contributed by atoms with Crippen LogP contribution >= 0.6 is 0 Å². The predicted octanol–water partition coefficient (Wildman–Crippen LogP) is 15.1. The molecule has 0 aromatic heterocycles. The van der Waals surface area contributed by atoms with Gasteiger partial charge < -0.3 is 24.2 Å². The number of nitrogens with zero attached hydrogens (tertiary/aromatic N) is 3. The first-order valence-corrected chi connectivity index (χ1v) is 23.1. The van der Waals surface area contributed by atoms with Gasteiger partial charge in [-0.25, -0.2) is 0 Å². The van der Waals surface area contributed by atoms with Crippen molar-refractivity contribution in [1.29, 1.82) is 0 Å². The van der Waals surface area contributed by atoms with Gasteiger partial charge >= 0.3 is 0 Å². The van der Waals surface area contributed by atoms with Crippen molar-refractivity contribution in [1.82, 2.24) is 0 Å². The summed E-state index contributed by atoms with van der Waals surface area (Å²) in [6, 6.07) is 90.1. The number of anilines is 9. The lowest BCUT2D eigenvalue weighted by molar-refractivity contribution is 0.465. The third-order valence-corrected chi connectivity index (χ3v) is 13.3. The smallest absolute Gasteiger partial charge is 0.262 e. The van der Waals surface area contributed by atoms with Gasteiger partial charge in [-0.2, -0.15) is 0 Å². The molecule has 320 valence electrons. The summed E-state index contributed by atoms with van der Waals surface area (Å²) < 4.78 is 14.2. The van der Waals surface area contributed by atoms with E-state index in [4.69, 9.17) is 9.47 Å². The van der Waals surface area contributed by atoms with Crippen LogP contribution in [0.25, 0.3) is 21.5 Å². The molecule has 0 unspecified atom stereocenters. The van der Waals surface area contributed by atoms with Crippen LogP contribution in [0.5, 0.6) is 23.0 Å². The summed E-state index contributed by atoms with van der Waals surface area (Å²) in [6.07, 6.45) is 0. The van der Waals surface area contributed by atoms with Gasteiger partial charge in [-0.3, -0.25) is 0 Å². The van der Waals surface area contributed by atoms with Crippen molar-refractivity contribution in [3.8, 4) is 23.0 Å². The standard InChI is InChI=1S/C62H42BN3O2/c1-6-22-43(23-7-1)64(44-24-8-2-9-25-44)48-32-20-33-49(40-48)66(47-30-14-5-15-31-47)55-42-59-61(53-37-19-17-35-51(53)55)63-60-52-36-18-16-34-50(52)54(41-58(60)67-56-38-21-39-57(68-59)62(56)63)65(45-26-10-3-11-27-45)46-28-12-4-13-29-46/h1-42H. The molecule has 2 aliphatic heterocycles. The van der Waals surface area contributed by atoms with Gasteiger partial charge in [0.25, 0.3) is 6.71 Å². The van der Waals surface area contributed by atoms with Crippen LogP contribution in [-0.2, 0) is 0 Å². The van der Waals surface area contributed by atoms with E-state index in [0.29, 0.717) is 0 Å². The molecule has 0 saturated heterocycles. The first-order chi connectivity index (χ1) is 33.8. The molecule has 0 spiro atoms. The van der Waals surface area contributed by atoms with E-state index in [0.717, 1.165) is 112 Å². The van der Waals surface area contributed by atoms with E-state index in [9.17, 15) is 0 Å². The molecular weight excluding hydrogens is 830 g/mol. The molecule has 11 aromatic rings. The Morgan fingerprint density at radius 2 is 0.544 bits per heavy atom. The van der Waals surface area contributed by atoms with Crippen molar-refractivity contribution >= 4 is 95.8 Å². The topological polar surface area (TPSA) is 28.2 Å². The number of para-hydroxylation sites is 5. The van der Waals surface area contributed by atoms with Crippen molar-refractivity contribution in [3.63, 3.8) is 0 Å². The summed E-state index contributed by atoms with van der Waals surface area (Å²) in [5, 5.41) is 4.50. The lowest BCUT2D eigenvalue weighted by Gasteiger charge is -2.37. The minimum absolute atomic E-state index is 0.188. The fraction of sp³-hybridized carbons (Fsp3) is 0. The Bertz CT molecular complexity index is 3570. The van der Waals surface area contributed by atoms with Gasteiger partial charge in [0.1, 0.15) is 23.0 Å². The Morgan fingerprint density at radius 1 is 0.235 bits per heavy atom. The molecule has 2 aliphatic rings. The third-order valence-electron chi connectivity index (χ3n) is 13.3. The van der Waals surface area contributed by atoms with Crippen LogP contribution in [0.4, 0.5) is 51.2 Å². The molecule has 0 aliphatic carbocycles. The highest BCUT2D eigenvalue weighted by atomic mass is 16.5. The number of fused-ring (bicyclic) bond motifs is 8. The quantitative estimate of drug-likeness (QED) is 0.135. The Labute approximate surface area is 396 Å². The number of benzene rings is 11. The van der Waals surface area contributed by atoms with Crippen LogP contribution in [0.2, 0.25) is 0 Å². The van der Waals surface area contributed by atoms with Crippen molar-refractivity contribution < 1.29 is 9.47 Å². The minimum Gasteiger partial charge on any atom is -0.458 e. The van der Waals surface area contributed by atoms with E-state index in [1.807, 2.05) is 6.07 Å². The first kappa shape index (κ1) is 39.4. The van der Waals surface area contributed by atoms with E-state index >= 15 is 0 Å². The molecule has 6 heteroatoms. The number of ether oxygens (including phenoxy) is 2. The van der Waals surface area contributed by atoms with Gasteiger partial charge in [0.05, 0.1) is 11.4 Å². The van der Waals surface area contributed by atoms with Crippen LogP contribution in [-0.4, -0.2) is 6.71 Å². The van der Waals surface area contributed by atoms with Crippen molar-refractivity contribution in [2.75, 3.05) is 14.7 Å².